The number of hydrogen-bond acceptors (Lipinski definition) is 3. The first-order valence-corrected chi connectivity index (χ1v) is 9.15. The van der Waals surface area contributed by atoms with E-state index in [2.05, 4.69) is 5.32 Å². The molecule has 3 aromatic rings. The summed E-state index contributed by atoms with van der Waals surface area (Å²) in [5.41, 5.74) is 1.16. The Kier molecular flexibility index (Phi) is 6.61. The van der Waals surface area contributed by atoms with E-state index in [1.807, 2.05) is 24.3 Å². The lowest BCUT2D eigenvalue weighted by Crippen LogP contribution is -2.22. The molecular weight excluding hydrogens is 395 g/mol. The van der Waals surface area contributed by atoms with Gasteiger partial charge in [-0.2, -0.15) is 13.2 Å². The van der Waals surface area contributed by atoms with Crippen LogP contribution in [0.5, 0.6) is 11.5 Å². The van der Waals surface area contributed by atoms with Crippen LogP contribution in [0.2, 0.25) is 0 Å². The van der Waals surface area contributed by atoms with Crippen molar-refractivity contribution in [3.63, 3.8) is 0 Å². The highest BCUT2D eigenvalue weighted by molar-refractivity contribution is 5.94. The fourth-order valence-electron chi connectivity index (χ4n) is 2.75. The molecule has 3 rings (SSSR count). The molecular formula is C23H20F3NO3. The third kappa shape index (κ3) is 5.76. The number of amides is 1. The second-order valence-corrected chi connectivity index (χ2v) is 6.55. The molecule has 0 heterocycles. The van der Waals surface area contributed by atoms with E-state index in [1.165, 1.54) is 12.1 Å². The molecule has 0 aliphatic carbocycles. The van der Waals surface area contributed by atoms with E-state index in [0.717, 1.165) is 23.4 Å². The first-order chi connectivity index (χ1) is 14.3. The molecule has 0 aliphatic rings. The van der Waals surface area contributed by atoms with Gasteiger partial charge >= 0.3 is 6.18 Å². The molecule has 0 fully saturated rings. The molecule has 0 bridgehead atoms. The van der Waals surface area contributed by atoms with Crippen LogP contribution in [0.15, 0.2) is 72.8 Å². The number of nitrogens with one attached hydrogen (secondary N) is 1. The van der Waals surface area contributed by atoms with Crippen molar-refractivity contribution in [2.24, 2.45) is 0 Å². The van der Waals surface area contributed by atoms with E-state index in [9.17, 15) is 18.0 Å². The van der Waals surface area contributed by atoms with Crippen LogP contribution in [0.4, 0.5) is 13.2 Å². The predicted molar refractivity (Wildman–Crippen MR) is 106 cm³/mol. The number of benzene rings is 3. The Morgan fingerprint density at radius 2 is 1.60 bits per heavy atom. The van der Waals surface area contributed by atoms with Crippen molar-refractivity contribution in [1.29, 1.82) is 0 Å². The molecule has 4 nitrogen and oxygen atoms in total. The minimum atomic E-state index is -4.38. The van der Waals surface area contributed by atoms with E-state index in [-0.39, 0.29) is 12.5 Å². The summed E-state index contributed by atoms with van der Waals surface area (Å²) in [5.74, 6) is 0.911. The second-order valence-electron chi connectivity index (χ2n) is 6.55. The third-order valence-electron chi connectivity index (χ3n) is 4.37. The van der Waals surface area contributed by atoms with Gasteiger partial charge in [-0.15, -0.1) is 0 Å². The van der Waals surface area contributed by atoms with Crippen LogP contribution < -0.4 is 14.8 Å². The van der Waals surface area contributed by atoms with Crippen molar-refractivity contribution in [3.8, 4) is 11.5 Å². The van der Waals surface area contributed by atoms with Crippen LogP contribution in [-0.2, 0) is 19.3 Å². The van der Waals surface area contributed by atoms with Crippen LogP contribution in [0.3, 0.4) is 0 Å². The fraction of sp³-hybridized carbons (Fsp3) is 0.174. The maximum Gasteiger partial charge on any atom is 0.416 e. The van der Waals surface area contributed by atoms with Gasteiger partial charge in [0.05, 0.1) is 12.7 Å². The summed E-state index contributed by atoms with van der Waals surface area (Å²) in [6.07, 6.45) is -4.38. The van der Waals surface area contributed by atoms with E-state index < -0.39 is 11.7 Å². The summed E-state index contributed by atoms with van der Waals surface area (Å²) < 4.78 is 48.8. The summed E-state index contributed by atoms with van der Waals surface area (Å²) in [4.78, 5) is 12.4. The summed E-state index contributed by atoms with van der Waals surface area (Å²) in [7, 11) is 1.59. The van der Waals surface area contributed by atoms with Crippen molar-refractivity contribution in [1.82, 2.24) is 5.32 Å². The van der Waals surface area contributed by atoms with Gasteiger partial charge in [-0.25, -0.2) is 0 Å². The average Bonchev–Trinajstić information content (AvgIpc) is 2.76. The average molecular weight is 415 g/mol. The normalized spacial score (nSPS) is 11.1. The van der Waals surface area contributed by atoms with Gasteiger partial charge in [0, 0.05) is 12.1 Å². The summed E-state index contributed by atoms with van der Waals surface area (Å²) in [6.45, 7) is 0.430. The van der Waals surface area contributed by atoms with Gasteiger partial charge in [0.15, 0.2) is 0 Å². The maximum atomic E-state index is 12.6. The van der Waals surface area contributed by atoms with Crippen molar-refractivity contribution in [3.05, 3.63) is 95.1 Å². The van der Waals surface area contributed by atoms with Crippen LogP contribution in [0.25, 0.3) is 0 Å². The molecule has 0 saturated carbocycles. The molecule has 156 valence electrons. The van der Waals surface area contributed by atoms with Gasteiger partial charge < -0.3 is 14.8 Å². The van der Waals surface area contributed by atoms with Gasteiger partial charge in [-0.05, 0) is 53.6 Å². The molecule has 0 aromatic heterocycles. The van der Waals surface area contributed by atoms with Crippen molar-refractivity contribution in [2.45, 2.75) is 19.3 Å². The van der Waals surface area contributed by atoms with Crippen LogP contribution in [-0.4, -0.2) is 13.0 Å². The molecule has 0 radical (unpaired) electrons. The van der Waals surface area contributed by atoms with Crippen LogP contribution in [0.1, 0.15) is 27.0 Å². The van der Waals surface area contributed by atoms with Gasteiger partial charge in [0.2, 0.25) is 0 Å². The second kappa shape index (κ2) is 9.35. The summed E-state index contributed by atoms with van der Waals surface area (Å²) in [5, 5.41) is 2.70. The number of hydrogen-bond donors (Lipinski definition) is 1. The van der Waals surface area contributed by atoms with Crippen LogP contribution in [0, 0.1) is 0 Å². The predicted octanol–water partition coefficient (Wildman–Crippen LogP) is 5.22. The van der Waals surface area contributed by atoms with E-state index in [4.69, 9.17) is 9.47 Å². The number of halogens is 3. The van der Waals surface area contributed by atoms with Crippen molar-refractivity contribution in [2.75, 3.05) is 7.11 Å². The standard InChI is InChI=1S/C23H20F3NO3/c1-29-20-6-2-4-17(12-20)15-30-21-7-3-5-18(13-21)22(28)27-14-16-8-10-19(11-9-16)23(24,25)26/h2-13H,14-15H2,1H3,(H,27,28). The Hall–Kier alpha value is -3.48. The minimum absolute atomic E-state index is 0.117. The molecule has 0 aliphatic heterocycles. The van der Waals surface area contributed by atoms with E-state index in [0.29, 0.717) is 23.5 Å². The molecule has 0 saturated heterocycles. The lowest BCUT2D eigenvalue weighted by atomic mass is 10.1. The first-order valence-electron chi connectivity index (χ1n) is 9.15. The number of methoxy groups -OCH3 is 1. The van der Waals surface area contributed by atoms with Gasteiger partial charge in [-0.3, -0.25) is 4.79 Å². The lowest BCUT2D eigenvalue weighted by Gasteiger charge is -2.10. The quantitative estimate of drug-likeness (QED) is 0.575. The fourth-order valence-corrected chi connectivity index (χ4v) is 2.75. The zero-order valence-electron chi connectivity index (χ0n) is 16.2. The summed E-state index contributed by atoms with van der Waals surface area (Å²) in [6, 6.07) is 18.8. The Labute approximate surface area is 172 Å². The number of carbonyl (C=O) groups is 1. The zero-order valence-corrected chi connectivity index (χ0v) is 16.2. The number of ether oxygens (including phenoxy) is 2. The molecule has 0 unspecified atom stereocenters. The first kappa shape index (κ1) is 21.2. The molecule has 1 N–H and O–H groups in total. The SMILES string of the molecule is COc1cccc(COc2cccc(C(=O)NCc3ccc(C(F)(F)F)cc3)c2)c1. The Balaban J connectivity index is 1.57. The summed E-state index contributed by atoms with van der Waals surface area (Å²) >= 11 is 0. The Morgan fingerprint density at radius 3 is 2.30 bits per heavy atom. The van der Waals surface area contributed by atoms with Gasteiger partial charge in [0.25, 0.3) is 5.91 Å². The Bertz CT molecular complexity index is 1000. The Morgan fingerprint density at radius 1 is 0.900 bits per heavy atom. The molecule has 3 aromatic carbocycles. The molecule has 30 heavy (non-hydrogen) atoms. The topological polar surface area (TPSA) is 47.6 Å². The monoisotopic (exact) mass is 415 g/mol. The molecule has 0 spiro atoms. The molecule has 7 heteroatoms. The zero-order chi connectivity index (χ0) is 21.6. The number of rotatable bonds is 7. The third-order valence-corrected chi connectivity index (χ3v) is 4.37. The number of carbonyl (C=O) groups excluding carboxylic acids is 1. The van der Waals surface area contributed by atoms with Crippen LogP contribution >= 0.6 is 0 Å². The van der Waals surface area contributed by atoms with Crippen molar-refractivity contribution >= 4 is 5.91 Å². The highest BCUT2D eigenvalue weighted by atomic mass is 19.4. The van der Waals surface area contributed by atoms with Gasteiger partial charge in [0.1, 0.15) is 18.1 Å². The minimum Gasteiger partial charge on any atom is -0.497 e. The highest BCUT2D eigenvalue weighted by Gasteiger charge is 2.29. The number of alkyl halides is 3. The van der Waals surface area contributed by atoms with E-state index >= 15 is 0 Å². The van der Waals surface area contributed by atoms with Crippen molar-refractivity contribution < 1.29 is 27.4 Å². The molecule has 1 amide bonds. The van der Waals surface area contributed by atoms with E-state index in [1.54, 1.807) is 31.4 Å². The van der Waals surface area contributed by atoms with Gasteiger partial charge in [-0.1, -0.05) is 30.3 Å². The largest absolute Gasteiger partial charge is 0.497 e. The lowest BCUT2D eigenvalue weighted by molar-refractivity contribution is -0.137. The maximum absolute atomic E-state index is 12.6. The molecule has 0 atom stereocenters. The smallest absolute Gasteiger partial charge is 0.416 e. The highest BCUT2D eigenvalue weighted by Crippen LogP contribution is 2.29.